The maximum Gasteiger partial charge on any atom is 0.246 e. The number of likely N-dealkylation sites (tertiary alicyclic amines) is 1. The predicted molar refractivity (Wildman–Crippen MR) is 44.5 cm³/mol. The van der Waals surface area contributed by atoms with Gasteiger partial charge in [0.15, 0.2) is 0 Å². The van der Waals surface area contributed by atoms with Gasteiger partial charge >= 0.3 is 0 Å². The Balaban J connectivity index is 2.64. The van der Waals surface area contributed by atoms with Crippen molar-refractivity contribution in [2.24, 2.45) is 0 Å². The molecule has 1 N–H and O–H groups in total. The van der Waals surface area contributed by atoms with E-state index in [1.165, 1.54) is 4.90 Å². The highest BCUT2D eigenvalue weighted by Gasteiger charge is 2.36. The van der Waals surface area contributed by atoms with E-state index >= 15 is 0 Å². The normalized spacial score (nSPS) is 23.8. The van der Waals surface area contributed by atoms with Crippen LogP contribution in [0.1, 0.15) is 19.8 Å². The standard InChI is InChI=1S/C8H14N2O2/c1-3-4-10-7(11)5-6(9-2)8(10)12/h6,9H,3-5H2,1-2H3. The van der Waals surface area contributed by atoms with Crippen LogP contribution < -0.4 is 5.32 Å². The number of hydrogen-bond donors (Lipinski definition) is 1. The number of imide groups is 1. The van der Waals surface area contributed by atoms with Crippen LogP contribution in [-0.4, -0.2) is 36.3 Å². The Kier molecular flexibility index (Phi) is 2.81. The van der Waals surface area contributed by atoms with Crippen LogP contribution >= 0.6 is 0 Å². The summed E-state index contributed by atoms with van der Waals surface area (Å²) in [4.78, 5) is 23.9. The fourth-order valence-corrected chi connectivity index (χ4v) is 1.37. The van der Waals surface area contributed by atoms with Crippen LogP contribution in [0.2, 0.25) is 0 Å². The fraction of sp³-hybridized carbons (Fsp3) is 0.750. The average Bonchev–Trinajstić information content (AvgIpc) is 2.32. The zero-order valence-electron chi connectivity index (χ0n) is 7.46. The third-order valence-corrected chi connectivity index (χ3v) is 2.04. The second-order valence-corrected chi connectivity index (χ2v) is 2.93. The summed E-state index contributed by atoms with van der Waals surface area (Å²) in [5.41, 5.74) is 0. The number of nitrogens with one attached hydrogen (secondary N) is 1. The van der Waals surface area contributed by atoms with Crippen molar-refractivity contribution in [3.8, 4) is 0 Å². The molecule has 0 radical (unpaired) electrons. The summed E-state index contributed by atoms with van der Waals surface area (Å²) < 4.78 is 0. The number of carbonyl (C=O) groups is 2. The van der Waals surface area contributed by atoms with Gasteiger partial charge in [0.05, 0.1) is 12.5 Å². The molecule has 0 aliphatic carbocycles. The number of nitrogens with zero attached hydrogens (tertiary/aromatic N) is 1. The highest BCUT2D eigenvalue weighted by Crippen LogP contribution is 2.12. The fourth-order valence-electron chi connectivity index (χ4n) is 1.37. The number of carbonyl (C=O) groups excluding carboxylic acids is 2. The molecule has 2 amide bonds. The predicted octanol–water partition coefficient (Wildman–Crippen LogP) is -0.257. The molecule has 0 aromatic heterocycles. The number of likely N-dealkylation sites (N-methyl/N-ethyl adjacent to an activating group) is 1. The Hall–Kier alpha value is -0.900. The largest absolute Gasteiger partial charge is 0.308 e. The Bertz CT molecular complexity index is 203. The highest BCUT2D eigenvalue weighted by molar-refractivity contribution is 6.05. The number of rotatable bonds is 3. The van der Waals surface area contributed by atoms with E-state index in [2.05, 4.69) is 5.32 Å². The van der Waals surface area contributed by atoms with Gasteiger partial charge in [0, 0.05) is 6.54 Å². The van der Waals surface area contributed by atoms with E-state index in [4.69, 9.17) is 0 Å². The zero-order chi connectivity index (χ0) is 9.14. The smallest absolute Gasteiger partial charge is 0.246 e. The molecule has 1 aliphatic rings. The summed E-state index contributed by atoms with van der Waals surface area (Å²) in [6.07, 6.45) is 1.14. The molecule has 0 bridgehead atoms. The maximum atomic E-state index is 11.4. The molecule has 1 unspecified atom stereocenters. The van der Waals surface area contributed by atoms with Gasteiger partial charge in [-0.25, -0.2) is 0 Å². The molecule has 1 heterocycles. The van der Waals surface area contributed by atoms with E-state index in [1.807, 2.05) is 6.92 Å². The van der Waals surface area contributed by atoms with Crippen LogP contribution in [0.15, 0.2) is 0 Å². The minimum Gasteiger partial charge on any atom is -0.308 e. The van der Waals surface area contributed by atoms with Crippen LogP contribution in [0.3, 0.4) is 0 Å². The molecule has 1 atom stereocenters. The van der Waals surface area contributed by atoms with Gasteiger partial charge in [0.25, 0.3) is 0 Å². The van der Waals surface area contributed by atoms with Crippen molar-refractivity contribution in [3.05, 3.63) is 0 Å². The van der Waals surface area contributed by atoms with Crippen molar-refractivity contribution in [3.63, 3.8) is 0 Å². The van der Waals surface area contributed by atoms with Gasteiger partial charge in [-0.05, 0) is 13.5 Å². The summed E-state index contributed by atoms with van der Waals surface area (Å²) in [6, 6.07) is -0.288. The Morgan fingerprint density at radius 2 is 2.25 bits per heavy atom. The van der Waals surface area contributed by atoms with Crippen LogP contribution in [0, 0.1) is 0 Å². The molecule has 0 aromatic rings. The molecule has 0 saturated carbocycles. The molecular formula is C8H14N2O2. The molecule has 1 rings (SSSR count). The quantitative estimate of drug-likeness (QED) is 0.594. The lowest BCUT2D eigenvalue weighted by atomic mass is 10.2. The minimum absolute atomic E-state index is 0.0544. The topological polar surface area (TPSA) is 49.4 Å². The van der Waals surface area contributed by atoms with Gasteiger partial charge in [-0.15, -0.1) is 0 Å². The SMILES string of the molecule is CCCN1C(=O)CC(NC)C1=O. The molecule has 4 nitrogen and oxygen atoms in total. The molecule has 0 spiro atoms. The van der Waals surface area contributed by atoms with Crippen molar-refractivity contribution >= 4 is 11.8 Å². The zero-order valence-corrected chi connectivity index (χ0v) is 7.46. The first-order valence-corrected chi connectivity index (χ1v) is 4.22. The van der Waals surface area contributed by atoms with Gasteiger partial charge in [-0.3, -0.25) is 14.5 Å². The van der Waals surface area contributed by atoms with Gasteiger partial charge in [-0.1, -0.05) is 6.92 Å². The first-order valence-electron chi connectivity index (χ1n) is 4.22. The molecule has 4 heteroatoms. The summed E-state index contributed by atoms with van der Waals surface area (Å²) in [7, 11) is 1.70. The summed E-state index contributed by atoms with van der Waals surface area (Å²) in [5, 5.41) is 2.82. The van der Waals surface area contributed by atoms with Crippen LogP contribution in [-0.2, 0) is 9.59 Å². The molecule has 12 heavy (non-hydrogen) atoms. The van der Waals surface area contributed by atoms with E-state index in [-0.39, 0.29) is 17.9 Å². The summed E-state index contributed by atoms with van der Waals surface area (Å²) in [5.74, 6) is -0.134. The van der Waals surface area contributed by atoms with Crippen molar-refractivity contribution in [1.82, 2.24) is 10.2 Å². The Morgan fingerprint density at radius 1 is 1.58 bits per heavy atom. The van der Waals surface area contributed by atoms with Crippen molar-refractivity contribution in [2.75, 3.05) is 13.6 Å². The van der Waals surface area contributed by atoms with Crippen LogP contribution in [0.4, 0.5) is 0 Å². The van der Waals surface area contributed by atoms with E-state index < -0.39 is 0 Å². The van der Waals surface area contributed by atoms with Crippen LogP contribution in [0.5, 0.6) is 0 Å². The van der Waals surface area contributed by atoms with Crippen molar-refractivity contribution < 1.29 is 9.59 Å². The van der Waals surface area contributed by atoms with Gasteiger partial charge < -0.3 is 5.32 Å². The lowest BCUT2D eigenvalue weighted by Crippen LogP contribution is -2.37. The molecule has 1 fully saturated rings. The van der Waals surface area contributed by atoms with E-state index in [0.717, 1.165) is 6.42 Å². The van der Waals surface area contributed by atoms with Crippen LogP contribution in [0.25, 0.3) is 0 Å². The molecule has 1 aliphatic heterocycles. The average molecular weight is 170 g/mol. The first-order chi connectivity index (χ1) is 5.70. The number of amides is 2. The van der Waals surface area contributed by atoms with Gasteiger partial charge in [-0.2, -0.15) is 0 Å². The minimum atomic E-state index is -0.288. The van der Waals surface area contributed by atoms with Crippen molar-refractivity contribution in [2.45, 2.75) is 25.8 Å². The molecule has 68 valence electrons. The molecule has 0 aromatic carbocycles. The third kappa shape index (κ3) is 1.48. The summed E-state index contributed by atoms with van der Waals surface area (Å²) >= 11 is 0. The van der Waals surface area contributed by atoms with Gasteiger partial charge in [0.2, 0.25) is 11.8 Å². The van der Waals surface area contributed by atoms with Crippen molar-refractivity contribution in [1.29, 1.82) is 0 Å². The second-order valence-electron chi connectivity index (χ2n) is 2.93. The van der Waals surface area contributed by atoms with E-state index in [9.17, 15) is 9.59 Å². The second kappa shape index (κ2) is 3.67. The molecular weight excluding hydrogens is 156 g/mol. The number of hydrogen-bond acceptors (Lipinski definition) is 3. The van der Waals surface area contributed by atoms with E-state index in [0.29, 0.717) is 13.0 Å². The Morgan fingerprint density at radius 3 is 2.67 bits per heavy atom. The highest BCUT2D eigenvalue weighted by atomic mass is 16.2. The first kappa shape index (κ1) is 9.19. The lowest BCUT2D eigenvalue weighted by molar-refractivity contribution is -0.138. The maximum absolute atomic E-state index is 11.4. The van der Waals surface area contributed by atoms with E-state index in [1.54, 1.807) is 7.05 Å². The van der Waals surface area contributed by atoms with Gasteiger partial charge in [0.1, 0.15) is 0 Å². The third-order valence-electron chi connectivity index (χ3n) is 2.04. The molecule has 1 saturated heterocycles. The summed E-state index contributed by atoms with van der Waals surface area (Å²) in [6.45, 7) is 2.50. The monoisotopic (exact) mass is 170 g/mol. The Labute approximate surface area is 71.9 Å². The lowest BCUT2D eigenvalue weighted by Gasteiger charge is -2.12.